The van der Waals surface area contributed by atoms with Crippen molar-refractivity contribution in [1.82, 2.24) is 0 Å². The molecule has 226 valence electrons. The highest BCUT2D eigenvalue weighted by Gasteiger charge is 2.52. The summed E-state index contributed by atoms with van der Waals surface area (Å²) in [7, 11) is -1.30. The molecule has 5 nitrogen and oxygen atoms in total. The maximum atomic E-state index is 12.5. The van der Waals surface area contributed by atoms with Crippen molar-refractivity contribution in [3.8, 4) is 6.07 Å². The molecule has 4 aliphatic rings. The quantitative estimate of drug-likeness (QED) is 0.256. The van der Waals surface area contributed by atoms with Gasteiger partial charge >= 0.3 is 0 Å². The molecule has 1 unspecified atom stereocenters. The minimum atomic E-state index is -3.11. The van der Waals surface area contributed by atoms with E-state index in [2.05, 4.69) is 41.3 Å². The van der Waals surface area contributed by atoms with Crippen LogP contribution in [0, 0.1) is 40.9 Å². The molecule has 6 rings (SSSR count). The Balaban J connectivity index is 0.985. The summed E-state index contributed by atoms with van der Waals surface area (Å²) in [5.74, 6) is 2.80. The predicted octanol–water partition coefficient (Wildman–Crippen LogP) is 7.56. The molecule has 1 aliphatic heterocycles. The van der Waals surface area contributed by atoms with Crippen molar-refractivity contribution in [3.63, 3.8) is 0 Å². The lowest BCUT2D eigenvalue weighted by atomic mass is 9.56. The van der Waals surface area contributed by atoms with Gasteiger partial charge in [0.15, 0.2) is 9.84 Å². The zero-order valence-corrected chi connectivity index (χ0v) is 26.1. The van der Waals surface area contributed by atoms with Crippen LogP contribution in [-0.4, -0.2) is 40.5 Å². The number of anilines is 1. The summed E-state index contributed by atoms with van der Waals surface area (Å²) in [6, 6.07) is 21.3. The van der Waals surface area contributed by atoms with E-state index in [0.717, 1.165) is 69.3 Å². The Morgan fingerprint density at radius 1 is 0.881 bits per heavy atom. The highest BCUT2D eigenvalue weighted by molar-refractivity contribution is 7.92. The number of benzene rings is 2. The van der Waals surface area contributed by atoms with Crippen LogP contribution < -0.4 is 4.90 Å². The second-order valence-electron chi connectivity index (χ2n) is 13.8. The van der Waals surface area contributed by atoms with Crippen LogP contribution in [0.1, 0.15) is 82.6 Å². The van der Waals surface area contributed by atoms with E-state index in [1.54, 1.807) is 19.2 Å². The van der Waals surface area contributed by atoms with Gasteiger partial charge in [0.05, 0.1) is 21.6 Å². The molecule has 3 saturated carbocycles. The van der Waals surface area contributed by atoms with Crippen LogP contribution in [0.2, 0.25) is 0 Å². The standard InChI is InChI=1S/C36H48N2O3S/c1-41-25-29-9-6-12-35(29)36(26-37,30-10-3-2-4-11-30)31-15-13-27(14-16-31)7-5-8-28-23-38(24-28)32-17-19-33(20-18-32)42(39,40)34-21-22-34/h2-4,10-11,17-20,27-29,31,34-35H,5-9,12-16,21-25H2,1H3/t27?,29-,31?,35+,36?/m0/s1. The van der Waals surface area contributed by atoms with Crippen LogP contribution in [0.3, 0.4) is 0 Å². The number of ether oxygens (including phenoxy) is 1. The number of nitriles is 1. The molecule has 0 aromatic heterocycles. The fourth-order valence-corrected chi connectivity index (χ4v) is 10.4. The van der Waals surface area contributed by atoms with Gasteiger partial charge in [0, 0.05) is 32.5 Å². The van der Waals surface area contributed by atoms with Crippen molar-refractivity contribution in [2.75, 3.05) is 31.7 Å². The van der Waals surface area contributed by atoms with Crippen LogP contribution in [0.25, 0.3) is 0 Å². The van der Waals surface area contributed by atoms with E-state index in [1.165, 1.54) is 50.5 Å². The first-order chi connectivity index (χ1) is 20.5. The summed E-state index contributed by atoms with van der Waals surface area (Å²) in [5, 5.41) is 10.7. The number of hydrogen-bond donors (Lipinski definition) is 0. The molecule has 0 radical (unpaired) electrons. The second-order valence-corrected chi connectivity index (χ2v) is 16.0. The van der Waals surface area contributed by atoms with E-state index in [4.69, 9.17) is 4.74 Å². The van der Waals surface area contributed by atoms with Gasteiger partial charge in [-0.2, -0.15) is 5.26 Å². The summed E-state index contributed by atoms with van der Waals surface area (Å²) in [5.41, 5.74) is 1.98. The van der Waals surface area contributed by atoms with E-state index < -0.39 is 15.3 Å². The Hall–Kier alpha value is -2.36. The van der Waals surface area contributed by atoms with E-state index >= 15 is 0 Å². The lowest BCUT2D eigenvalue weighted by Crippen LogP contribution is -2.46. The smallest absolute Gasteiger partial charge is 0.181 e. The predicted molar refractivity (Wildman–Crippen MR) is 168 cm³/mol. The van der Waals surface area contributed by atoms with Crippen molar-refractivity contribution in [1.29, 1.82) is 5.26 Å². The molecule has 0 spiro atoms. The number of sulfone groups is 1. The molecule has 42 heavy (non-hydrogen) atoms. The second kappa shape index (κ2) is 12.7. The Morgan fingerprint density at radius 3 is 2.21 bits per heavy atom. The third-order valence-corrected chi connectivity index (χ3v) is 13.5. The van der Waals surface area contributed by atoms with Gasteiger partial charge in [-0.05, 0) is 104 Å². The maximum absolute atomic E-state index is 12.5. The van der Waals surface area contributed by atoms with E-state index in [-0.39, 0.29) is 5.25 Å². The van der Waals surface area contributed by atoms with Crippen molar-refractivity contribution in [2.24, 2.45) is 29.6 Å². The summed E-state index contributed by atoms with van der Waals surface area (Å²) < 4.78 is 30.6. The summed E-state index contributed by atoms with van der Waals surface area (Å²) in [4.78, 5) is 2.86. The van der Waals surface area contributed by atoms with Crippen molar-refractivity contribution in [3.05, 3.63) is 60.2 Å². The molecule has 2 aromatic carbocycles. The Bertz CT molecular complexity index is 1320. The summed E-state index contributed by atoms with van der Waals surface area (Å²) >= 11 is 0. The molecule has 2 aromatic rings. The van der Waals surface area contributed by atoms with Crippen LogP contribution in [0.4, 0.5) is 5.69 Å². The topological polar surface area (TPSA) is 70.4 Å². The molecule has 0 bridgehead atoms. The van der Waals surface area contributed by atoms with E-state index in [1.807, 2.05) is 12.1 Å². The minimum Gasteiger partial charge on any atom is -0.384 e. The SMILES string of the molecule is COC[C@@H]1CCC[C@H]1C(C#N)(c1ccccc1)C1CCC(CCCC2CN(c3ccc(S(=O)(=O)C4CC4)cc3)C2)CC1. The average molecular weight is 589 g/mol. The van der Waals surface area contributed by atoms with Crippen LogP contribution in [0.5, 0.6) is 0 Å². The Labute approximate surface area is 253 Å². The number of methoxy groups -OCH3 is 1. The van der Waals surface area contributed by atoms with Gasteiger partial charge in [-0.15, -0.1) is 0 Å². The monoisotopic (exact) mass is 588 g/mol. The molecule has 0 amide bonds. The molecule has 1 heterocycles. The highest BCUT2D eigenvalue weighted by Crippen LogP contribution is 2.54. The van der Waals surface area contributed by atoms with Gasteiger partial charge < -0.3 is 9.64 Å². The maximum Gasteiger partial charge on any atom is 0.181 e. The Morgan fingerprint density at radius 2 is 1.57 bits per heavy atom. The zero-order chi connectivity index (χ0) is 29.2. The van der Waals surface area contributed by atoms with Gasteiger partial charge in [0.25, 0.3) is 0 Å². The van der Waals surface area contributed by atoms with Crippen molar-refractivity contribution >= 4 is 15.5 Å². The largest absolute Gasteiger partial charge is 0.384 e. The lowest BCUT2D eigenvalue weighted by molar-refractivity contribution is 0.0785. The summed E-state index contributed by atoms with van der Waals surface area (Å²) in [6.07, 6.45) is 13.8. The first-order valence-electron chi connectivity index (χ1n) is 16.5. The van der Waals surface area contributed by atoms with Gasteiger partial charge in [-0.3, -0.25) is 0 Å². The number of rotatable bonds is 12. The molecule has 4 fully saturated rings. The molecule has 0 N–H and O–H groups in total. The van der Waals surface area contributed by atoms with E-state index in [9.17, 15) is 13.7 Å². The molecular formula is C36H48N2O3S. The fraction of sp³-hybridized carbons (Fsp3) is 0.639. The fourth-order valence-electron chi connectivity index (χ4n) is 8.74. The lowest BCUT2D eigenvalue weighted by Gasteiger charge is -2.45. The highest BCUT2D eigenvalue weighted by atomic mass is 32.2. The zero-order valence-electron chi connectivity index (χ0n) is 25.3. The van der Waals surface area contributed by atoms with E-state index in [0.29, 0.717) is 22.6 Å². The molecular weight excluding hydrogens is 540 g/mol. The van der Waals surface area contributed by atoms with Crippen molar-refractivity contribution < 1.29 is 13.2 Å². The summed E-state index contributed by atoms with van der Waals surface area (Å²) in [6.45, 7) is 2.92. The first kappa shape index (κ1) is 29.7. The van der Waals surface area contributed by atoms with Gasteiger partial charge in [0.1, 0.15) is 0 Å². The number of hydrogen-bond acceptors (Lipinski definition) is 5. The molecule has 3 aliphatic carbocycles. The normalized spacial score (nSPS) is 28.1. The van der Waals surface area contributed by atoms with Crippen molar-refractivity contribution in [2.45, 2.75) is 92.6 Å². The molecule has 6 heteroatoms. The van der Waals surface area contributed by atoms with Gasteiger partial charge in [-0.1, -0.05) is 62.4 Å². The third-order valence-electron chi connectivity index (χ3n) is 11.2. The van der Waals surface area contributed by atoms with Crippen LogP contribution in [0.15, 0.2) is 59.5 Å². The molecule has 1 saturated heterocycles. The van der Waals surface area contributed by atoms with Crippen LogP contribution in [-0.2, 0) is 20.0 Å². The van der Waals surface area contributed by atoms with Crippen LogP contribution >= 0.6 is 0 Å². The first-order valence-corrected chi connectivity index (χ1v) is 18.0. The average Bonchev–Trinajstić information content (AvgIpc) is 3.77. The van der Waals surface area contributed by atoms with Gasteiger partial charge in [0.2, 0.25) is 0 Å². The number of nitrogens with zero attached hydrogens (tertiary/aromatic N) is 2. The minimum absolute atomic E-state index is 0.148. The molecule has 3 atom stereocenters. The van der Waals surface area contributed by atoms with Gasteiger partial charge in [-0.25, -0.2) is 8.42 Å². The Kier molecular flexibility index (Phi) is 8.98. The third kappa shape index (κ3) is 5.89.